The van der Waals surface area contributed by atoms with Crippen molar-refractivity contribution in [3.05, 3.63) is 11.6 Å². The second-order valence-corrected chi connectivity index (χ2v) is 18.3. The van der Waals surface area contributed by atoms with Gasteiger partial charge in [-0.1, -0.05) is 60.1 Å². The molecule has 250 valence electrons. The summed E-state index contributed by atoms with van der Waals surface area (Å²) in [5.41, 5.74) is 1.24. The maximum Gasteiger partial charge on any atom is 0.310 e. The molecule has 7 nitrogen and oxygen atoms in total. The molecule has 6 aliphatic rings. The average Bonchev–Trinajstić information content (AvgIpc) is 2.94. The van der Waals surface area contributed by atoms with E-state index >= 15 is 0 Å². The highest BCUT2D eigenvalue weighted by atomic mass is 16.5. The minimum atomic E-state index is -1.33. The minimum absolute atomic E-state index is 0.00173. The van der Waals surface area contributed by atoms with E-state index in [0.29, 0.717) is 18.3 Å². The molecule has 0 radical (unpaired) electrons. The molecule has 5 aliphatic carbocycles. The monoisotopic (exact) mass is 616 g/mol. The van der Waals surface area contributed by atoms with Crippen LogP contribution in [0.3, 0.4) is 0 Å². The molecule has 7 heteroatoms. The van der Waals surface area contributed by atoms with Gasteiger partial charge >= 0.3 is 5.97 Å². The summed E-state index contributed by atoms with van der Waals surface area (Å²) in [6.45, 7) is 16.6. The first-order chi connectivity index (χ1) is 20.4. The van der Waals surface area contributed by atoms with Crippen molar-refractivity contribution in [1.82, 2.24) is 0 Å². The SMILES string of the molecule is CC1(C)CC[C@]2(C(=O)O)CC[C@]3(C)C(=CCC4[C@@]5(C)CC[C@@H](C[C@@H]6OC(CO)[C@@H](O)[C@H](O)C6O)C(C)(C)C5CC[C@]43C)C2C1. The standard InChI is InChI=1S/C37H60O7/c1-32(2)14-16-37(31(42)43)17-15-35(6)22(23(37)19-32)8-9-27-34(5)12-10-21(33(3,4)26(34)11-13-36(27,35)7)18-24-28(39)30(41)29(40)25(20-38)44-24/h8,21,23-30,38-41H,9-20H2,1-7H3,(H,42,43)/t21-,23?,24-,25?,26?,27?,28?,29+,30+,34-,35+,36+,37-/m0/s1. The lowest BCUT2D eigenvalue weighted by molar-refractivity contribution is -0.241. The van der Waals surface area contributed by atoms with Gasteiger partial charge in [0.25, 0.3) is 0 Å². The zero-order valence-electron chi connectivity index (χ0n) is 28.3. The third-order valence-electron chi connectivity index (χ3n) is 15.8. The number of carboxylic acids is 1. The summed E-state index contributed by atoms with van der Waals surface area (Å²) >= 11 is 0. The lowest BCUT2D eigenvalue weighted by Gasteiger charge is -2.71. The van der Waals surface area contributed by atoms with Gasteiger partial charge in [0.1, 0.15) is 24.4 Å². The lowest BCUT2D eigenvalue weighted by Crippen LogP contribution is -2.65. The molecule has 0 amide bonds. The number of carbonyl (C=O) groups is 1. The third kappa shape index (κ3) is 4.41. The van der Waals surface area contributed by atoms with Crippen LogP contribution in [0.2, 0.25) is 0 Å². The number of hydrogen-bond donors (Lipinski definition) is 5. The van der Waals surface area contributed by atoms with Gasteiger partial charge in [0, 0.05) is 0 Å². The van der Waals surface area contributed by atoms with Crippen molar-refractivity contribution < 1.29 is 35.1 Å². The van der Waals surface area contributed by atoms with Crippen molar-refractivity contribution >= 4 is 5.97 Å². The van der Waals surface area contributed by atoms with E-state index in [1.807, 2.05) is 0 Å². The molecule has 1 aliphatic heterocycles. The molecule has 44 heavy (non-hydrogen) atoms. The van der Waals surface area contributed by atoms with Gasteiger partial charge in [-0.05, 0) is 121 Å². The number of aliphatic hydroxyl groups is 4. The summed E-state index contributed by atoms with van der Waals surface area (Å²) in [4.78, 5) is 12.9. The summed E-state index contributed by atoms with van der Waals surface area (Å²) in [6.07, 6.45) is 7.70. The number of rotatable bonds is 4. The van der Waals surface area contributed by atoms with Gasteiger partial charge in [-0.2, -0.15) is 0 Å². The first kappa shape index (κ1) is 32.9. The van der Waals surface area contributed by atoms with E-state index in [0.717, 1.165) is 64.2 Å². The van der Waals surface area contributed by atoms with E-state index in [9.17, 15) is 30.3 Å². The van der Waals surface area contributed by atoms with Gasteiger partial charge in [-0.3, -0.25) is 4.79 Å². The van der Waals surface area contributed by atoms with E-state index < -0.39 is 48.5 Å². The highest BCUT2D eigenvalue weighted by molar-refractivity contribution is 5.76. The molecule has 0 bridgehead atoms. The van der Waals surface area contributed by atoms with Crippen LogP contribution < -0.4 is 0 Å². The number of hydrogen-bond acceptors (Lipinski definition) is 6. The quantitative estimate of drug-likeness (QED) is 0.256. The Morgan fingerprint density at radius 3 is 2.16 bits per heavy atom. The molecule has 1 saturated heterocycles. The van der Waals surface area contributed by atoms with E-state index in [4.69, 9.17) is 4.74 Å². The van der Waals surface area contributed by atoms with E-state index in [2.05, 4.69) is 54.5 Å². The van der Waals surface area contributed by atoms with Crippen LogP contribution >= 0.6 is 0 Å². The number of aliphatic hydroxyl groups excluding tert-OH is 4. The Morgan fingerprint density at radius 2 is 1.50 bits per heavy atom. The molecule has 5 N–H and O–H groups in total. The molecule has 5 unspecified atom stereocenters. The summed E-state index contributed by atoms with van der Waals surface area (Å²) < 4.78 is 5.99. The normalized spacial score (nSPS) is 52.9. The van der Waals surface area contributed by atoms with Gasteiger partial charge < -0.3 is 30.3 Å². The second kappa shape index (κ2) is 10.5. The zero-order valence-corrected chi connectivity index (χ0v) is 28.3. The first-order valence-corrected chi connectivity index (χ1v) is 17.6. The zero-order chi connectivity index (χ0) is 32.3. The van der Waals surface area contributed by atoms with E-state index in [-0.39, 0.29) is 38.9 Å². The van der Waals surface area contributed by atoms with Gasteiger partial charge in [0.2, 0.25) is 0 Å². The van der Waals surface area contributed by atoms with E-state index in [1.165, 1.54) is 5.57 Å². The van der Waals surface area contributed by atoms with Crippen molar-refractivity contribution in [3.8, 4) is 0 Å². The highest BCUT2D eigenvalue weighted by Gasteiger charge is 2.69. The molecule has 0 aromatic carbocycles. The first-order valence-electron chi connectivity index (χ1n) is 17.6. The van der Waals surface area contributed by atoms with Crippen LogP contribution in [0.15, 0.2) is 11.6 Å². The van der Waals surface area contributed by atoms with Crippen molar-refractivity contribution in [1.29, 1.82) is 0 Å². The van der Waals surface area contributed by atoms with Crippen molar-refractivity contribution in [2.24, 2.45) is 56.2 Å². The molecule has 5 fully saturated rings. The number of fused-ring (bicyclic) bond motifs is 7. The van der Waals surface area contributed by atoms with Crippen LogP contribution in [0, 0.1) is 56.2 Å². The van der Waals surface area contributed by atoms with Gasteiger partial charge in [0.15, 0.2) is 0 Å². The topological polar surface area (TPSA) is 127 Å². The maximum absolute atomic E-state index is 12.9. The molecule has 6 rings (SSSR count). The molecule has 0 aromatic heterocycles. The minimum Gasteiger partial charge on any atom is -0.481 e. The van der Waals surface area contributed by atoms with Crippen molar-refractivity contribution in [2.75, 3.05) is 6.61 Å². The second-order valence-electron chi connectivity index (χ2n) is 18.3. The van der Waals surface area contributed by atoms with Gasteiger partial charge in [-0.25, -0.2) is 0 Å². The number of allylic oxidation sites excluding steroid dienone is 2. The van der Waals surface area contributed by atoms with Crippen LogP contribution in [0.5, 0.6) is 0 Å². The van der Waals surface area contributed by atoms with Gasteiger partial charge in [0.05, 0.1) is 18.1 Å². The third-order valence-corrected chi connectivity index (χ3v) is 15.8. The molecular formula is C37H60O7. The Labute approximate surface area is 264 Å². The van der Waals surface area contributed by atoms with Gasteiger partial charge in [-0.15, -0.1) is 0 Å². The molecule has 0 spiro atoms. The molecule has 4 saturated carbocycles. The molecule has 13 atom stereocenters. The largest absolute Gasteiger partial charge is 0.481 e. The average molecular weight is 617 g/mol. The number of carboxylic acid groups (broad SMARTS) is 1. The van der Waals surface area contributed by atoms with E-state index in [1.54, 1.807) is 0 Å². The molecule has 0 aromatic rings. The van der Waals surface area contributed by atoms with Crippen LogP contribution in [-0.2, 0) is 9.53 Å². The predicted octanol–water partition coefficient (Wildman–Crippen LogP) is 5.72. The smallest absolute Gasteiger partial charge is 0.310 e. The highest BCUT2D eigenvalue weighted by Crippen LogP contribution is 2.76. The molecular weight excluding hydrogens is 556 g/mol. The fraction of sp³-hybridized carbons (Fsp3) is 0.919. The summed E-state index contributed by atoms with van der Waals surface area (Å²) in [6, 6.07) is 0. The van der Waals surface area contributed by atoms with Crippen molar-refractivity contribution in [2.45, 2.75) is 150 Å². The summed E-state index contributed by atoms with van der Waals surface area (Å²) in [5.74, 6) is 0.835. The fourth-order valence-corrected chi connectivity index (χ4v) is 12.8. The summed E-state index contributed by atoms with van der Waals surface area (Å²) in [5, 5.41) is 52.0. The Morgan fingerprint density at radius 1 is 0.841 bits per heavy atom. The lowest BCUT2D eigenvalue weighted by atomic mass is 9.33. The Balaban J connectivity index is 1.29. The fourth-order valence-electron chi connectivity index (χ4n) is 12.8. The van der Waals surface area contributed by atoms with Crippen LogP contribution in [0.1, 0.15) is 119 Å². The Bertz CT molecular complexity index is 1180. The van der Waals surface area contributed by atoms with Crippen LogP contribution in [0.25, 0.3) is 0 Å². The Kier molecular flexibility index (Phi) is 7.86. The van der Waals surface area contributed by atoms with Crippen LogP contribution in [0.4, 0.5) is 0 Å². The number of aliphatic carboxylic acids is 1. The predicted molar refractivity (Wildman–Crippen MR) is 169 cm³/mol. The van der Waals surface area contributed by atoms with Crippen LogP contribution in [-0.4, -0.2) is 68.6 Å². The maximum atomic E-state index is 12.9. The number of ether oxygens (including phenoxy) is 1. The Hall–Kier alpha value is -0.990. The summed E-state index contributed by atoms with van der Waals surface area (Å²) in [7, 11) is 0. The molecule has 1 heterocycles. The van der Waals surface area contributed by atoms with Crippen molar-refractivity contribution in [3.63, 3.8) is 0 Å².